The van der Waals surface area contributed by atoms with Gasteiger partial charge in [-0.05, 0) is 94.2 Å². The Kier molecular flexibility index (Phi) is 5.71. The molecule has 1 N–H and O–H groups in total. The van der Waals surface area contributed by atoms with E-state index in [0.29, 0.717) is 31.6 Å². The third-order valence-electron chi connectivity index (χ3n) is 10.8. The van der Waals surface area contributed by atoms with Gasteiger partial charge in [0.2, 0.25) is 5.91 Å². The van der Waals surface area contributed by atoms with Gasteiger partial charge in [-0.25, -0.2) is 4.39 Å². The molecule has 6 saturated carbocycles. The summed E-state index contributed by atoms with van der Waals surface area (Å²) in [4.78, 5) is 22.4. The predicted molar refractivity (Wildman–Crippen MR) is 142 cm³/mol. The minimum atomic E-state index is -3.17. The van der Waals surface area contributed by atoms with Gasteiger partial charge >= 0.3 is 5.92 Å². The fourth-order valence-corrected chi connectivity index (χ4v) is 8.23. The number of carbonyl (C=O) groups is 1. The first-order valence-corrected chi connectivity index (χ1v) is 14.7. The van der Waals surface area contributed by atoms with Gasteiger partial charge in [-0.2, -0.15) is 13.8 Å². The number of benzene rings is 1. The number of carbonyl (C=O) groups excluding carboxylic acids is 1. The van der Waals surface area contributed by atoms with E-state index in [4.69, 9.17) is 4.52 Å². The number of aromatic nitrogens is 2. The summed E-state index contributed by atoms with van der Waals surface area (Å²) < 4.78 is 47.0. The number of aliphatic hydroxyl groups is 1. The molecule has 1 saturated heterocycles. The maximum Gasteiger partial charge on any atom is 0.322 e. The Hall–Kier alpha value is -2.62. The molecule has 10 heteroatoms. The van der Waals surface area contributed by atoms with E-state index >= 15 is 0 Å². The monoisotopic (exact) mass is 558 g/mol. The second-order valence-electron chi connectivity index (χ2n) is 13.7. The summed E-state index contributed by atoms with van der Waals surface area (Å²) >= 11 is 0. The number of halogens is 3. The summed E-state index contributed by atoms with van der Waals surface area (Å²) in [5.74, 6) is -3.39. The Labute approximate surface area is 232 Å². The van der Waals surface area contributed by atoms with Crippen LogP contribution in [0.3, 0.4) is 0 Å². The van der Waals surface area contributed by atoms with Crippen LogP contribution in [0.15, 0.2) is 28.8 Å². The fraction of sp³-hybridized carbons (Fsp3) is 0.700. The van der Waals surface area contributed by atoms with E-state index in [1.54, 1.807) is 0 Å². The SMILES string of the molecule is CC(F)(F)c1nc(C23CCC(CN(C(=O)C45CC(F)(C4)C5)c4cccc(N5CCC(O)CC5)c4)(CC2)CC3)no1. The van der Waals surface area contributed by atoms with Gasteiger partial charge in [0.25, 0.3) is 5.89 Å². The minimum Gasteiger partial charge on any atom is -0.393 e. The maximum atomic E-state index is 14.5. The average molecular weight is 559 g/mol. The Morgan fingerprint density at radius 1 is 1.12 bits per heavy atom. The zero-order chi connectivity index (χ0) is 28.0. The van der Waals surface area contributed by atoms with Crippen LogP contribution in [0.2, 0.25) is 0 Å². The fourth-order valence-electron chi connectivity index (χ4n) is 8.23. The highest BCUT2D eigenvalue weighted by atomic mass is 19.3. The zero-order valence-corrected chi connectivity index (χ0v) is 23.0. The van der Waals surface area contributed by atoms with E-state index in [0.717, 1.165) is 82.8 Å². The van der Waals surface area contributed by atoms with Crippen molar-refractivity contribution < 1.29 is 27.6 Å². The molecule has 1 aromatic carbocycles. The van der Waals surface area contributed by atoms with Crippen LogP contribution in [0, 0.1) is 10.8 Å². The lowest BCUT2D eigenvalue weighted by molar-refractivity contribution is -0.211. The predicted octanol–water partition coefficient (Wildman–Crippen LogP) is 5.66. The van der Waals surface area contributed by atoms with Crippen LogP contribution in [0.4, 0.5) is 24.5 Å². The number of anilines is 2. The number of hydrogen-bond donors (Lipinski definition) is 1. The molecule has 4 bridgehead atoms. The Morgan fingerprint density at radius 2 is 1.77 bits per heavy atom. The molecule has 40 heavy (non-hydrogen) atoms. The Balaban J connectivity index is 1.13. The van der Waals surface area contributed by atoms with Crippen molar-refractivity contribution in [3.05, 3.63) is 36.0 Å². The smallest absolute Gasteiger partial charge is 0.322 e. The Morgan fingerprint density at radius 3 is 2.35 bits per heavy atom. The largest absolute Gasteiger partial charge is 0.393 e. The van der Waals surface area contributed by atoms with Gasteiger partial charge < -0.3 is 19.4 Å². The van der Waals surface area contributed by atoms with E-state index in [-0.39, 0.29) is 22.8 Å². The first-order chi connectivity index (χ1) is 18.9. The number of aliphatic hydroxyl groups excluding tert-OH is 1. The number of piperidine rings is 1. The average Bonchev–Trinajstić information content (AvgIpc) is 3.43. The van der Waals surface area contributed by atoms with E-state index in [1.807, 2.05) is 23.1 Å². The van der Waals surface area contributed by atoms with Gasteiger partial charge in [0.05, 0.1) is 11.5 Å². The maximum absolute atomic E-state index is 14.5. The van der Waals surface area contributed by atoms with Gasteiger partial charge in [0.15, 0.2) is 5.82 Å². The number of fused-ring (bicyclic) bond motifs is 3. The van der Waals surface area contributed by atoms with Crippen molar-refractivity contribution in [1.29, 1.82) is 0 Å². The lowest BCUT2D eigenvalue weighted by Gasteiger charge is -2.65. The summed E-state index contributed by atoms with van der Waals surface area (Å²) in [6, 6.07) is 8.09. The van der Waals surface area contributed by atoms with E-state index in [2.05, 4.69) is 21.1 Å². The second kappa shape index (κ2) is 8.69. The molecule has 7 fully saturated rings. The van der Waals surface area contributed by atoms with Gasteiger partial charge in [-0.1, -0.05) is 11.2 Å². The first kappa shape index (κ1) is 26.3. The molecule has 0 unspecified atom stereocenters. The molecule has 2 heterocycles. The van der Waals surface area contributed by atoms with Gasteiger partial charge in [0.1, 0.15) is 5.67 Å². The van der Waals surface area contributed by atoms with Crippen molar-refractivity contribution in [2.75, 3.05) is 29.4 Å². The van der Waals surface area contributed by atoms with E-state index in [9.17, 15) is 23.1 Å². The molecular weight excluding hydrogens is 521 g/mol. The second-order valence-corrected chi connectivity index (χ2v) is 13.7. The van der Waals surface area contributed by atoms with Gasteiger partial charge in [-0.3, -0.25) is 4.79 Å². The van der Waals surface area contributed by atoms with Crippen LogP contribution in [0.25, 0.3) is 0 Å². The van der Waals surface area contributed by atoms with Crippen molar-refractivity contribution in [2.45, 2.75) is 101 Å². The molecule has 216 valence electrons. The van der Waals surface area contributed by atoms with Crippen LogP contribution in [-0.2, 0) is 16.1 Å². The molecule has 1 aliphatic heterocycles. The topological polar surface area (TPSA) is 82.7 Å². The highest BCUT2D eigenvalue weighted by Gasteiger charge is 2.73. The normalized spacial score (nSPS) is 35.3. The molecule has 6 aliphatic carbocycles. The van der Waals surface area contributed by atoms with Crippen molar-refractivity contribution in [1.82, 2.24) is 10.1 Å². The lowest BCUT2D eigenvalue weighted by Crippen LogP contribution is -2.71. The summed E-state index contributed by atoms with van der Waals surface area (Å²) in [5, 5.41) is 13.9. The molecule has 0 spiro atoms. The van der Waals surface area contributed by atoms with Crippen molar-refractivity contribution in [2.24, 2.45) is 10.8 Å². The van der Waals surface area contributed by atoms with Crippen LogP contribution in [0.1, 0.15) is 89.3 Å². The third kappa shape index (κ3) is 4.15. The molecule has 9 rings (SSSR count). The van der Waals surface area contributed by atoms with E-state index < -0.39 is 22.9 Å². The highest BCUT2D eigenvalue weighted by molar-refractivity contribution is 6.00. The molecule has 7 nitrogen and oxygen atoms in total. The molecular formula is C30H37F3N4O3. The summed E-state index contributed by atoms with van der Waals surface area (Å²) in [6.07, 6.45) is 6.93. The van der Waals surface area contributed by atoms with Crippen LogP contribution in [0.5, 0.6) is 0 Å². The van der Waals surface area contributed by atoms with Crippen LogP contribution in [-0.4, -0.2) is 52.6 Å². The molecule has 0 atom stereocenters. The van der Waals surface area contributed by atoms with Gasteiger partial charge in [-0.15, -0.1) is 0 Å². The molecule has 0 radical (unpaired) electrons. The summed E-state index contributed by atoms with van der Waals surface area (Å²) in [5.41, 5.74) is -0.333. The Bertz CT molecular complexity index is 1270. The number of nitrogens with zero attached hydrogens (tertiary/aromatic N) is 4. The third-order valence-corrected chi connectivity index (χ3v) is 10.8. The quantitative estimate of drug-likeness (QED) is 0.472. The van der Waals surface area contributed by atoms with Crippen molar-refractivity contribution >= 4 is 17.3 Å². The number of alkyl halides is 3. The molecule has 7 aliphatic rings. The standard InChI is InChI=1S/C30H37F3N4O3/c1-26(31,32)24-34-23(35-40-24)28-10-7-27(8-11-28,9-12-28)19-37(25(39)29-16-30(33,17-29)18-29)21-4-2-3-20(15-21)36-13-5-22(38)6-14-36/h2-4,15,22,38H,5-14,16-19H2,1H3. The number of hydrogen-bond acceptors (Lipinski definition) is 6. The number of amides is 1. The van der Waals surface area contributed by atoms with Crippen molar-refractivity contribution in [3.8, 4) is 0 Å². The van der Waals surface area contributed by atoms with Crippen LogP contribution >= 0.6 is 0 Å². The van der Waals surface area contributed by atoms with E-state index in [1.165, 1.54) is 0 Å². The first-order valence-electron chi connectivity index (χ1n) is 14.7. The zero-order valence-electron chi connectivity index (χ0n) is 23.0. The molecule has 1 amide bonds. The number of rotatable bonds is 7. The van der Waals surface area contributed by atoms with Crippen molar-refractivity contribution in [3.63, 3.8) is 0 Å². The minimum absolute atomic E-state index is 0.0306. The lowest BCUT2D eigenvalue weighted by atomic mass is 9.41. The molecule has 1 aromatic heterocycles. The van der Waals surface area contributed by atoms with Crippen LogP contribution < -0.4 is 9.80 Å². The van der Waals surface area contributed by atoms with Gasteiger partial charge in [0, 0.05) is 43.3 Å². The summed E-state index contributed by atoms with van der Waals surface area (Å²) in [6.45, 7) is 2.86. The highest BCUT2D eigenvalue weighted by Crippen LogP contribution is 2.70. The molecule has 2 aromatic rings. The summed E-state index contributed by atoms with van der Waals surface area (Å²) in [7, 11) is 0.